The normalized spacial score (nSPS) is 16.3. The Balaban J connectivity index is 1.73. The van der Waals surface area contributed by atoms with E-state index in [1.165, 1.54) is 11.6 Å². The number of ether oxygens (including phenoxy) is 1. The fourth-order valence-electron chi connectivity index (χ4n) is 2.85. The van der Waals surface area contributed by atoms with E-state index in [0.717, 1.165) is 11.3 Å². The summed E-state index contributed by atoms with van der Waals surface area (Å²) in [7, 11) is 0. The third kappa shape index (κ3) is 3.77. The van der Waals surface area contributed by atoms with E-state index in [4.69, 9.17) is 4.74 Å². The Hall–Kier alpha value is -3.08. The molecule has 0 fully saturated rings. The van der Waals surface area contributed by atoms with E-state index in [0.29, 0.717) is 18.0 Å². The van der Waals surface area contributed by atoms with E-state index >= 15 is 0 Å². The van der Waals surface area contributed by atoms with E-state index in [1.54, 1.807) is 36.1 Å². The number of hydrogen-bond acceptors (Lipinski definition) is 3. The van der Waals surface area contributed by atoms with Gasteiger partial charge in [0.1, 0.15) is 5.75 Å². The van der Waals surface area contributed by atoms with Gasteiger partial charge in [0, 0.05) is 24.4 Å². The Kier molecular flexibility index (Phi) is 5.07. The highest BCUT2D eigenvalue weighted by atomic mass is 16.5. The van der Waals surface area contributed by atoms with Gasteiger partial charge in [0.25, 0.3) is 5.91 Å². The van der Waals surface area contributed by atoms with Crippen LogP contribution in [0.3, 0.4) is 0 Å². The van der Waals surface area contributed by atoms with Crippen molar-refractivity contribution in [3.05, 3.63) is 59.7 Å². The van der Waals surface area contributed by atoms with Crippen LogP contribution in [0, 0.1) is 6.92 Å². The number of nitrogens with zero attached hydrogens (tertiary/aromatic N) is 1. The number of likely N-dealkylation sites (N-methyl/N-ethyl adjacent to an activating group) is 1. The zero-order valence-electron chi connectivity index (χ0n) is 15.2. The molecule has 5 nitrogen and oxygen atoms in total. The van der Waals surface area contributed by atoms with Crippen molar-refractivity contribution in [2.75, 3.05) is 16.8 Å². The Labute approximate surface area is 153 Å². The standard InChI is InChI=1S/C21H22N2O3/c1-4-23-18-11-10-17(13-19(18)26-15(3)21(23)25)22-20(24)12-9-16-7-5-14(2)6-8-16/h5-13,15H,4H2,1-3H3,(H,22,24)/b12-9+. The summed E-state index contributed by atoms with van der Waals surface area (Å²) in [5.74, 6) is 0.315. The molecule has 2 aromatic rings. The summed E-state index contributed by atoms with van der Waals surface area (Å²) in [4.78, 5) is 26.0. The molecule has 1 aliphatic rings. The van der Waals surface area contributed by atoms with Crippen LogP contribution in [0.1, 0.15) is 25.0 Å². The largest absolute Gasteiger partial charge is 0.479 e. The highest BCUT2D eigenvalue weighted by Gasteiger charge is 2.30. The van der Waals surface area contributed by atoms with Gasteiger partial charge in [-0.15, -0.1) is 0 Å². The fraction of sp³-hybridized carbons (Fsp3) is 0.238. The van der Waals surface area contributed by atoms with Crippen LogP contribution in [0.5, 0.6) is 5.75 Å². The van der Waals surface area contributed by atoms with Gasteiger partial charge in [-0.1, -0.05) is 29.8 Å². The van der Waals surface area contributed by atoms with Gasteiger partial charge >= 0.3 is 0 Å². The molecule has 0 spiro atoms. The number of fused-ring (bicyclic) bond motifs is 1. The molecule has 0 bridgehead atoms. The summed E-state index contributed by atoms with van der Waals surface area (Å²) in [6.07, 6.45) is 2.73. The Morgan fingerprint density at radius 1 is 1.23 bits per heavy atom. The van der Waals surface area contributed by atoms with Crippen LogP contribution >= 0.6 is 0 Å². The highest BCUT2D eigenvalue weighted by molar-refractivity contribution is 6.03. The van der Waals surface area contributed by atoms with E-state index < -0.39 is 6.10 Å². The predicted octanol–water partition coefficient (Wildman–Crippen LogP) is 3.78. The summed E-state index contributed by atoms with van der Waals surface area (Å²) >= 11 is 0. The number of carbonyl (C=O) groups excluding carboxylic acids is 2. The summed E-state index contributed by atoms with van der Waals surface area (Å²) in [5, 5.41) is 2.82. The number of hydrogen-bond donors (Lipinski definition) is 1. The average molecular weight is 350 g/mol. The molecule has 3 rings (SSSR count). The molecular formula is C21H22N2O3. The van der Waals surface area contributed by atoms with E-state index in [2.05, 4.69) is 5.32 Å². The molecule has 0 saturated heterocycles. The zero-order chi connectivity index (χ0) is 18.7. The van der Waals surface area contributed by atoms with Crippen LogP contribution < -0.4 is 15.0 Å². The third-order valence-corrected chi connectivity index (χ3v) is 4.26. The number of rotatable bonds is 4. The third-order valence-electron chi connectivity index (χ3n) is 4.26. The first-order valence-electron chi connectivity index (χ1n) is 8.65. The van der Waals surface area contributed by atoms with Crippen LogP contribution in [0.4, 0.5) is 11.4 Å². The van der Waals surface area contributed by atoms with Crippen LogP contribution in [0.25, 0.3) is 6.08 Å². The first kappa shape index (κ1) is 17.7. The maximum absolute atomic E-state index is 12.2. The minimum Gasteiger partial charge on any atom is -0.479 e. The van der Waals surface area contributed by atoms with Gasteiger partial charge in [-0.3, -0.25) is 9.59 Å². The monoisotopic (exact) mass is 350 g/mol. The second-order valence-electron chi connectivity index (χ2n) is 6.26. The number of anilines is 2. The SMILES string of the molecule is CCN1C(=O)C(C)Oc2cc(NC(=O)/C=C/c3ccc(C)cc3)ccc21. The average Bonchev–Trinajstić information content (AvgIpc) is 2.62. The summed E-state index contributed by atoms with van der Waals surface area (Å²) in [6.45, 7) is 6.24. The molecule has 26 heavy (non-hydrogen) atoms. The summed E-state index contributed by atoms with van der Waals surface area (Å²) in [5.41, 5.74) is 3.49. The lowest BCUT2D eigenvalue weighted by molar-refractivity contribution is -0.125. The van der Waals surface area contributed by atoms with Crippen molar-refractivity contribution in [2.45, 2.75) is 26.9 Å². The number of aryl methyl sites for hydroxylation is 1. The zero-order valence-corrected chi connectivity index (χ0v) is 15.2. The van der Waals surface area contributed by atoms with Gasteiger partial charge < -0.3 is 15.0 Å². The van der Waals surface area contributed by atoms with Crippen molar-refractivity contribution in [1.29, 1.82) is 0 Å². The Bertz CT molecular complexity index is 856. The molecule has 1 atom stereocenters. The lowest BCUT2D eigenvalue weighted by Crippen LogP contribution is -2.44. The lowest BCUT2D eigenvalue weighted by atomic mass is 10.1. The minimum absolute atomic E-state index is 0.0576. The molecule has 5 heteroatoms. The molecule has 1 unspecified atom stereocenters. The maximum Gasteiger partial charge on any atom is 0.267 e. The highest BCUT2D eigenvalue weighted by Crippen LogP contribution is 2.36. The van der Waals surface area contributed by atoms with Crippen molar-refractivity contribution in [1.82, 2.24) is 0 Å². The molecule has 1 heterocycles. The lowest BCUT2D eigenvalue weighted by Gasteiger charge is -2.32. The number of benzene rings is 2. The van der Waals surface area contributed by atoms with Gasteiger partial charge in [0.15, 0.2) is 6.10 Å². The smallest absolute Gasteiger partial charge is 0.267 e. The van der Waals surface area contributed by atoms with E-state index in [9.17, 15) is 9.59 Å². The quantitative estimate of drug-likeness (QED) is 0.854. The Morgan fingerprint density at radius 3 is 2.65 bits per heavy atom. The number of amides is 2. The van der Waals surface area contributed by atoms with Gasteiger partial charge in [-0.2, -0.15) is 0 Å². The molecular weight excluding hydrogens is 328 g/mol. The van der Waals surface area contributed by atoms with Gasteiger partial charge in [-0.05, 0) is 44.5 Å². The second-order valence-corrected chi connectivity index (χ2v) is 6.26. The van der Waals surface area contributed by atoms with Crippen molar-refractivity contribution in [3.63, 3.8) is 0 Å². The van der Waals surface area contributed by atoms with E-state index in [1.807, 2.05) is 38.1 Å². The minimum atomic E-state index is -0.533. The molecule has 0 aromatic heterocycles. The van der Waals surface area contributed by atoms with Crippen molar-refractivity contribution in [3.8, 4) is 5.75 Å². The predicted molar refractivity (Wildman–Crippen MR) is 103 cm³/mol. The van der Waals surface area contributed by atoms with E-state index in [-0.39, 0.29) is 11.8 Å². The van der Waals surface area contributed by atoms with Crippen LogP contribution in [-0.2, 0) is 9.59 Å². The fourth-order valence-corrected chi connectivity index (χ4v) is 2.85. The van der Waals surface area contributed by atoms with Crippen LogP contribution in [0.2, 0.25) is 0 Å². The molecule has 2 aromatic carbocycles. The molecule has 0 radical (unpaired) electrons. The first-order valence-corrected chi connectivity index (χ1v) is 8.65. The molecule has 134 valence electrons. The molecule has 2 amide bonds. The molecule has 0 saturated carbocycles. The van der Waals surface area contributed by atoms with Crippen molar-refractivity contribution >= 4 is 29.3 Å². The van der Waals surface area contributed by atoms with Gasteiger partial charge in [-0.25, -0.2) is 0 Å². The van der Waals surface area contributed by atoms with Crippen LogP contribution in [-0.4, -0.2) is 24.5 Å². The number of carbonyl (C=O) groups is 2. The van der Waals surface area contributed by atoms with Crippen LogP contribution in [0.15, 0.2) is 48.5 Å². The Morgan fingerprint density at radius 2 is 1.96 bits per heavy atom. The van der Waals surface area contributed by atoms with Gasteiger partial charge in [0.2, 0.25) is 5.91 Å². The molecule has 0 aliphatic carbocycles. The van der Waals surface area contributed by atoms with Gasteiger partial charge in [0.05, 0.1) is 5.69 Å². The number of nitrogens with one attached hydrogen (secondary N) is 1. The second kappa shape index (κ2) is 7.44. The topological polar surface area (TPSA) is 58.6 Å². The van der Waals surface area contributed by atoms with Crippen molar-refractivity contribution in [2.24, 2.45) is 0 Å². The summed E-state index contributed by atoms with van der Waals surface area (Å²) < 4.78 is 5.68. The maximum atomic E-state index is 12.2. The summed E-state index contributed by atoms with van der Waals surface area (Å²) in [6, 6.07) is 13.2. The molecule has 1 aliphatic heterocycles. The van der Waals surface area contributed by atoms with Crippen molar-refractivity contribution < 1.29 is 14.3 Å². The molecule has 1 N–H and O–H groups in total. The first-order chi connectivity index (χ1) is 12.5.